The van der Waals surface area contributed by atoms with Crippen molar-refractivity contribution in [1.82, 2.24) is 9.88 Å². The average molecular weight is 282 g/mol. The fraction of sp³-hybridized carbons (Fsp3) is 0.538. The third-order valence-electron chi connectivity index (χ3n) is 3.29. The van der Waals surface area contributed by atoms with E-state index in [2.05, 4.69) is 5.32 Å². The lowest BCUT2D eigenvalue weighted by Crippen LogP contribution is -2.33. The molecule has 0 saturated carbocycles. The van der Waals surface area contributed by atoms with Crippen LogP contribution in [0.5, 0.6) is 0 Å². The van der Waals surface area contributed by atoms with E-state index in [1.54, 1.807) is 12.3 Å². The first-order chi connectivity index (χ1) is 9.16. The van der Waals surface area contributed by atoms with E-state index in [9.17, 15) is 9.59 Å². The van der Waals surface area contributed by atoms with E-state index in [1.807, 2.05) is 11.8 Å². The van der Waals surface area contributed by atoms with Crippen molar-refractivity contribution >= 4 is 23.6 Å². The molecule has 0 radical (unpaired) electrons. The number of carbonyl (C=O) groups is 2. The van der Waals surface area contributed by atoms with Gasteiger partial charge in [-0.1, -0.05) is 0 Å². The number of nitrogens with zero attached hydrogens (tertiary/aromatic N) is 1. The van der Waals surface area contributed by atoms with Crippen molar-refractivity contribution in [2.75, 3.05) is 18.1 Å². The molecule has 0 unspecified atom stereocenters. The van der Waals surface area contributed by atoms with Crippen LogP contribution in [-0.4, -0.2) is 39.6 Å². The summed E-state index contributed by atoms with van der Waals surface area (Å²) >= 11 is 1.96. The summed E-state index contributed by atoms with van der Waals surface area (Å²) in [5.74, 6) is 1.76. The summed E-state index contributed by atoms with van der Waals surface area (Å²) in [5.41, 5.74) is 0.143. The topological polar surface area (TPSA) is 71.3 Å². The predicted molar refractivity (Wildman–Crippen MR) is 74.5 cm³/mol. The average Bonchev–Trinajstić information content (AvgIpc) is 2.86. The molecule has 5 nitrogen and oxygen atoms in total. The Morgan fingerprint density at radius 2 is 2.16 bits per heavy atom. The number of aromatic nitrogens is 1. The van der Waals surface area contributed by atoms with Crippen LogP contribution in [0.3, 0.4) is 0 Å². The van der Waals surface area contributed by atoms with Crippen LogP contribution >= 0.6 is 11.8 Å². The summed E-state index contributed by atoms with van der Waals surface area (Å²) in [5, 5.41) is 11.8. The van der Waals surface area contributed by atoms with Crippen molar-refractivity contribution in [2.24, 2.45) is 5.92 Å². The molecule has 1 saturated heterocycles. The van der Waals surface area contributed by atoms with Crippen molar-refractivity contribution in [3.05, 3.63) is 24.0 Å². The highest BCUT2D eigenvalue weighted by Crippen LogP contribution is 2.21. The molecule has 0 bridgehead atoms. The SMILES string of the molecule is O=C(Cn1cccc1C(=O)O)NCC1CCSCC1. The van der Waals surface area contributed by atoms with E-state index in [0.717, 1.165) is 12.8 Å². The van der Waals surface area contributed by atoms with Crippen molar-refractivity contribution in [3.63, 3.8) is 0 Å². The molecule has 6 heteroatoms. The lowest BCUT2D eigenvalue weighted by molar-refractivity contribution is -0.121. The second kappa shape index (κ2) is 6.65. The first-order valence-electron chi connectivity index (χ1n) is 6.39. The van der Waals surface area contributed by atoms with Gasteiger partial charge in [-0.05, 0) is 42.4 Å². The summed E-state index contributed by atoms with van der Waals surface area (Å²) in [7, 11) is 0. The number of carboxylic acid groups (broad SMARTS) is 1. The zero-order valence-electron chi connectivity index (χ0n) is 10.7. The smallest absolute Gasteiger partial charge is 0.352 e. The number of rotatable bonds is 5. The van der Waals surface area contributed by atoms with Crippen LogP contribution in [0.15, 0.2) is 18.3 Å². The van der Waals surface area contributed by atoms with Gasteiger partial charge in [0.2, 0.25) is 5.91 Å². The third kappa shape index (κ3) is 4.02. The lowest BCUT2D eigenvalue weighted by atomic mass is 10.0. The van der Waals surface area contributed by atoms with E-state index < -0.39 is 5.97 Å². The van der Waals surface area contributed by atoms with Gasteiger partial charge in [0.05, 0.1) is 0 Å². The number of aromatic carboxylic acids is 1. The van der Waals surface area contributed by atoms with Gasteiger partial charge in [0.15, 0.2) is 0 Å². The molecular weight excluding hydrogens is 264 g/mol. The Kier molecular flexibility index (Phi) is 4.90. The minimum Gasteiger partial charge on any atom is -0.477 e. The second-order valence-corrected chi connectivity index (χ2v) is 5.91. The summed E-state index contributed by atoms with van der Waals surface area (Å²) < 4.78 is 1.45. The first-order valence-corrected chi connectivity index (χ1v) is 7.55. The van der Waals surface area contributed by atoms with Gasteiger partial charge in [-0.15, -0.1) is 0 Å². The zero-order valence-corrected chi connectivity index (χ0v) is 11.5. The van der Waals surface area contributed by atoms with Crippen molar-refractivity contribution in [1.29, 1.82) is 0 Å². The van der Waals surface area contributed by atoms with E-state index in [4.69, 9.17) is 5.11 Å². The Morgan fingerprint density at radius 3 is 2.84 bits per heavy atom. The van der Waals surface area contributed by atoms with Crippen LogP contribution in [0.1, 0.15) is 23.3 Å². The number of hydrogen-bond acceptors (Lipinski definition) is 3. The maximum absolute atomic E-state index is 11.8. The molecule has 1 aliphatic rings. The first kappa shape index (κ1) is 14.0. The van der Waals surface area contributed by atoms with Crippen LogP contribution in [0, 0.1) is 5.92 Å². The summed E-state index contributed by atoms with van der Waals surface area (Å²) in [6, 6.07) is 3.13. The van der Waals surface area contributed by atoms with Gasteiger partial charge in [0.1, 0.15) is 12.2 Å². The van der Waals surface area contributed by atoms with Crippen LogP contribution in [0.4, 0.5) is 0 Å². The zero-order chi connectivity index (χ0) is 13.7. The molecule has 104 valence electrons. The quantitative estimate of drug-likeness (QED) is 0.857. The van der Waals surface area contributed by atoms with Gasteiger partial charge >= 0.3 is 5.97 Å². The van der Waals surface area contributed by atoms with E-state index in [1.165, 1.54) is 22.1 Å². The van der Waals surface area contributed by atoms with E-state index >= 15 is 0 Å². The molecule has 0 aliphatic carbocycles. The minimum absolute atomic E-state index is 0.0656. The largest absolute Gasteiger partial charge is 0.477 e. The minimum atomic E-state index is -1.01. The second-order valence-electron chi connectivity index (χ2n) is 4.69. The van der Waals surface area contributed by atoms with Crippen molar-refractivity contribution in [3.8, 4) is 0 Å². The van der Waals surface area contributed by atoms with Crippen LogP contribution < -0.4 is 5.32 Å². The molecule has 0 aromatic carbocycles. The van der Waals surface area contributed by atoms with Gasteiger partial charge in [-0.3, -0.25) is 4.79 Å². The molecule has 0 spiro atoms. The Labute approximate surface area is 116 Å². The maximum atomic E-state index is 11.8. The fourth-order valence-corrected chi connectivity index (χ4v) is 3.37. The van der Waals surface area contributed by atoms with Gasteiger partial charge in [-0.2, -0.15) is 11.8 Å². The predicted octanol–water partition coefficient (Wildman–Crippen LogP) is 1.45. The Hall–Kier alpha value is -1.43. The van der Waals surface area contributed by atoms with Crippen LogP contribution in [0.2, 0.25) is 0 Å². The number of carboxylic acids is 1. The molecule has 1 aromatic rings. The molecule has 0 atom stereocenters. The molecule has 1 aromatic heterocycles. The molecule has 2 N–H and O–H groups in total. The number of nitrogens with one attached hydrogen (secondary N) is 1. The number of amides is 1. The van der Waals surface area contributed by atoms with Gasteiger partial charge in [0.25, 0.3) is 0 Å². The number of carbonyl (C=O) groups excluding carboxylic acids is 1. The highest BCUT2D eigenvalue weighted by Gasteiger charge is 2.15. The third-order valence-corrected chi connectivity index (χ3v) is 4.34. The highest BCUT2D eigenvalue weighted by molar-refractivity contribution is 7.99. The Balaban J connectivity index is 1.80. The molecule has 1 aliphatic heterocycles. The molecule has 1 fully saturated rings. The fourth-order valence-electron chi connectivity index (χ4n) is 2.17. The summed E-state index contributed by atoms with van der Waals surface area (Å²) in [6.45, 7) is 0.763. The Morgan fingerprint density at radius 1 is 1.42 bits per heavy atom. The van der Waals surface area contributed by atoms with Crippen LogP contribution in [0.25, 0.3) is 0 Å². The maximum Gasteiger partial charge on any atom is 0.352 e. The molecular formula is C13H18N2O3S. The standard InChI is InChI=1S/C13H18N2O3S/c16-12(14-8-10-3-6-19-7-4-10)9-15-5-1-2-11(15)13(17)18/h1-2,5,10H,3-4,6-9H2,(H,14,16)(H,17,18). The van der Waals surface area contributed by atoms with E-state index in [-0.39, 0.29) is 18.1 Å². The van der Waals surface area contributed by atoms with Crippen molar-refractivity contribution in [2.45, 2.75) is 19.4 Å². The molecule has 19 heavy (non-hydrogen) atoms. The van der Waals surface area contributed by atoms with Crippen LogP contribution in [-0.2, 0) is 11.3 Å². The Bertz CT molecular complexity index is 452. The normalized spacial score (nSPS) is 16.2. The lowest BCUT2D eigenvalue weighted by Gasteiger charge is -2.21. The number of thioether (sulfide) groups is 1. The van der Waals surface area contributed by atoms with E-state index in [0.29, 0.717) is 12.5 Å². The highest BCUT2D eigenvalue weighted by atomic mass is 32.2. The summed E-state index contributed by atoms with van der Waals surface area (Å²) in [4.78, 5) is 22.7. The van der Waals surface area contributed by atoms with Gasteiger partial charge in [0, 0.05) is 12.7 Å². The summed E-state index contributed by atoms with van der Waals surface area (Å²) in [6.07, 6.45) is 3.91. The molecule has 2 rings (SSSR count). The monoisotopic (exact) mass is 282 g/mol. The molecule has 1 amide bonds. The van der Waals surface area contributed by atoms with Gasteiger partial charge in [-0.25, -0.2) is 4.79 Å². The number of hydrogen-bond donors (Lipinski definition) is 2. The van der Waals surface area contributed by atoms with Gasteiger partial charge < -0.3 is 15.0 Å². The molecule has 2 heterocycles. The van der Waals surface area contributed by atoms with Crippen molar-refractivity contribution < 1.29 is 14.7 Å².